The van der Waals surface area contributed by atoms with Gasteiger partial charge < -0.3 is 19.9 Å². The number of likely N-dealkylation sites (N-methyl/N-ethyl adjacent to an activating group) is 1. The van der Waals surface area contributed by atoms with Gasteiger partial charge in [0.05, 0.1) is 19.3 Å². The first-order chi connectivity index (χ1) is 22.0. The molecule has 0 saturated carbocycles. The van der Waals surface area contributed by atoms with Crippen LogP contribution < -0.4 is 10.6 Å². The number of methoxy groups -OCH3 is 1. The molecule has 1 atom stereocenters. The second kappa shape index (κ2) is 12.8. The van der Waals surface area contributed by atoms with Crippen LogP contribution >= 0.6 is 22.7 Å². The number of amides is 3. The van der Waals surface area contributed by atoms with Gasteiger partial charge in [0, 0.05) is 54.3 Å². The number of aromatic nitrogens is 5. The Morgan fingerprint density at radius 3 is 2.76 bits per heavy atom. The summed E-state index contributed by atoms with van der Waals surface area (Å²) in [6, 6.07) is 5.19. The molecule has 1 unspecified atom stereocenters. The number of carbonyl (C=O) groups excluding carboxylic acids is 3. The summed E-state index contributed by atoms with van der Waals surface area (Å²) >= 11 is 2.34. The Morgan fingerprint density at radius 2 is 2.00 bits per heavy atom. The Balaban J connectivity index is 1.25. The molecule has 2 aliphatic rings. The number of alkyl carbamates (subject to hydrolysis) is 1. The molecule has 5 heterocycles. The van der Waals surface area contributed by atoms with E-state index >= 15 is 0 Å². The smallest absolute Gasteiger partial charge is 0.412 e. The summed E-state index contributed by atoms with van der Waals surface area (Å²) in [5.41, 5.74) is 1.23. The first kappa shape index (κ1) is 31.6. The molecule has 17 nitrogen and oxygen atoms in total. The van der Waals surface area contributed by atoms with Gasteiger partial charge >= 0.3 is 6.09 Å². The number of aromatic amines is 1. The van der Waals surface area contributed by atoms with Crippen LogP contribution in [0.25, 0.3) is 10.1 Å². The maximum Gasteiger partial charge on any atom is 0.412 e. The van der Waals surface area contributed by atoms with Gasteiger partial charge in [0.2, 0.25) is 5.91 Å². The van der Waals surface area contributed by atoms with E-state index in [1.54, 1.807) is 18.2 Å². The van der Waals surface area contributed by atoms with Crippen molar-refractivity contribution < 1.29 is 27.5 Å². The molecule has 1 saturated heterocycles. The zero-order valence-corrected chi connectivity index (χ0v) is 27.1. The third kappa shape index (κ3) is 6.33. The van der Waals surface area contributed by atoms with Crippen LogP contribution in [0.3, 0.4) is 0 Å². The third-order valence-electron chi connectivity index (χ3n) is 7.61. The monoisotopic (exact) mass is 687 g/mol. The van der Waals surface area contributed by atoms with E-state index in [0.29, 0.717) is 22.2 Å². The number of H-pyrrole nitrogens is 1. The van der Waals surface area contributed by atoms with Gasteiger partial charge in [0.1, 0.15) is 16.1 Å². The van der Waals surface area contributed by atoms with E-state index in [-0.39, 0.29) is 47.1 Å². The fourth-order valence-corrected chi connectivity index (χ4v) is 9.29. The molecule has 4 aromatic rings. The number of piperazine rings is 1. The summed E-state index contributed by atoms with van der Waals surface area (Å²) in [5.74, 6) is -0.983. The van der Waals surface area contributed by atoms with E-state index in [4.69, 9.17) is 5.41 Å². The molecule has 3 amide bonds. The predicted octanol–water partition coefficient (Wildman–Crippen LogP) is 0.372. The number of nitrogens with zero attached hydrogens (tertiary/aromatic N) is 7. The van der Waals surface area contributed by atoms with Crippen molar-refractivity contribution in [2.24, 2.45) is 0 Å². The number of sulfonamides is 1. The Morgan fingerprint density at radius 1 is 1.17 bits per heavy atom. The molecule has 0 aliphatic carbocycles. The van der Waals surface area contributed by atoms with Gasteiger partial charge in [-0.15, -0.1) is 32.9 Å². The highest BCUT2D eigenvalue weighted by Crippen LogP contribution is 2.33. The Bertz CT molecular complexity index is 1920. The molecule has 6 rings (SSSR count). The predicted molar refractivity (Wildman–Crippen MR) is 166 cm³/mol. The maximum atomic E-state index is 13.9. The fraction of sp³-hybridized carbons (Fsp3) is 0.385. The number of hydrogen-bond donors (Lipinski definition) is 4. The highest BCUT2D eigenvalue weighted by Gasteiger charge is 2.41. The van der Waals surface area contributed by atoms with E-state index in [9.17, 15) is 22.8 Å². The number of ether oxygens (including phenoxy) is 1. The number of fused-ring (bicyclic) bond motifs is 2. The molecule has 2 aliphatic heterocycles. The Hall–Kier alpha value is -4.37. The first-order valence-electron chi connectivity index (χ1n) is 14.0. The highest BCUT2D eigenvalue weighted by atomic mass is 32.2. The number of amidine groups is 1. The van der Waals surface area contributed by atoms with Gasteiger partial charge in [-0.25, -0.2) is 18.2 Å². The summed E-state index contributed by atoms with van der Waals surface area (Å²) in [6.45, 7) is 1.08. The molecular formula is C26H29N11O6S3. The van der Waals surface area contributed by atoms with Gasteiger partial charge in [-0.3, -0.25) is 20.3 Å². The number of thiophene rings is 1. The number of carbonyl (C=O) groups is 3. The average molecular weight is 688 g/mol. The number of tetrazole rings is 1. The second-order valence-corrected chi connectivity index (χ2v) is 14.9. The number of nitrogens with one attached hydrogen (secondary N) is 4. The molecule has 0 bridgehead atoms. The van der Waals surface area contributed by atoms with E-state index in [0.717, 1.165) is 34.9 Å². The highest BCUT2D eigenvalue weighted by molar-refractivity contribution is 7.91. The lowest BCUT2D eigenvalue weighted by Crippen LogP contribution is -2.61. The van der Waals surface area contributed by atoms with Crippen LogP contribution in [0.15, 0.2) is 28.5 Å². The van der Waals surface area contributed by atoms with Crippen LogP contribution in [0.2, 0.25) is 0 Å². The lowest BCUT2D eigenvalue weighted by Gasteiger charge is -2.39. The number of hydrogen-bond acceptors (Lipinski definition) is 14. The molecular weight excluding hydrogens is 659 g/mol. The van der Waals surface area contributed by atoms with Gasteiger partial charge in [0.25, 0.3) is 15.9 Å². The largest absolute Gasteiger partial charge is 0.453 e. The summed E-state index contributed by atoms with van der Waals surface area (Å²) in [7, 11) is -0.913. The van der Waals surface area contributed by atoms with Crippen molar-refractivity contribution in [1.29, 1.82) is 5.41 Å². The third-order valence-corrected chi connectivity index (χ3v) is 12.1. The topological polar surface area (TPSA) is 220 Å². The van der Waals surface area contributed by atoms with Gasteiger partial charge in [-0.1, -0.05) is 5.21 Å². The Labute approximate surface area is 270 Å². The van der Waals surface area contributed by atoms with Gasteiger partial charge in [-0.05, 0) is 36.7 Å². The summed E-state index contributed by atoms with van der Waals surface area (Å²) < 4.78 is 34.3. The number of rotatable bonds is 7. The Kier molecular flexibility index (Phi) is 8.79. The van der Waals surface area contributed by atoms with E-state index in [1.165, 1.54) is 33.7 Å². The first-order valence-corrected chi connectivity index (χ1v) is 17.1. The number of thiazole rings is 1. The zero-order valence-electron chi connectivity index (χ0n) is 24.6. The van der Waals surface area contributed by atoms with Crippen molar-refractivity contribution in [3.63, 3.8) is 0 Å². The quantitative estimate of drug-likeness (QED) is 0.154. The van der Waals surface area contributed by atoms with E-state index in [2.05, 4.69) is 45.9 Å². The molecule has 20 heteroatoms. The molecule has 0 spiro atoms. The van der Waals surface area contributed by atoms with E-state index < -0.39 is 34.0 Å². The van der Waals surface area contributed by atoms with E-state index in [1.807, 2.05) is 7.05 Å². The van der Waals surface area contributed by atoms with Crippen molar-refractivity contribution in [2.75, 3.05) is 40.3 Å². The molecule has 3 aromatic heterocycles. The molecule has 46 heavy (non-hydrogen) atoms. The molecule has 0 radical (unpaired) electrons. The fourth-order valence-electron chi connectivity index (χ4n) is 5.18. The molecule has 1 aromatic carbocycles. The SMILES string of the molecule is COC(=O)NC(=N)c1ccc2sc(S(=O)(=O)N3CCN(C(=O)c4nc5c(s4)CN(C)CC5)C(C(=O)NCc4nn[nH]n4)C3)cc2c1. The summed E-state index contributed by atoms with van der Waals surface area (Å²) in [5, 5.41) is 27.3. The lowest BCUT2D eigenvalue weighted by atomic mass is 10.1. The van der Waals surface area contributed by atoms with Crippen molar-refractivity contribution >= 4 is 66.5 Å². The molecule has 4 N–H and O–H groups in total. The summed E-state index contributed by atoms with van der Waals surface area (Å²) in [4.78, 5) is 47.9. The van der Waals surface area contributed by atoms with Crippen LogP contribution in [0.5, 0.6) is 0 Å². The van der Waals surface area contributed by atoms with Crippen molar-refractivity contribution in [1.82, 2.24) is 50.3 Å². The van der Waals surface area contributed by atoms with Crippen molar-refractivity contribution in [3.05, 3.63) is 51.2 Å². The minimum atomic E-state index is -4.09. The maximum absolute atomic E-state index is 13.9. The van der Waals surface area contributed by atoms with Crippen LogP contribution in [0.1, 0.15) is 31.8 Å². The minimum Gasteiger partial charge on any atom is -0.453 e. The van der Waals surface area contributed by atoms with Crippen LogP contribution in [0, 0.1) is 5.41 Å². The van der Waals surface area contributed by atoms with Crippen LogP contribution in [0.4, 0.5) is 4.79 Å². The van der Waals surface area contributed by atoms with Gasteiger partial charge in [0.15, 0.2) is 10.8 Å². The zero-order chi connectivity index (χ0) is 32.6. The normalized spacial score (nSPS) is 17.4. The average Bonchev–Trinajstić information content (AvgIpc) is 3.82. The summed E-state index contributed by atoms with van der Waals surface area (Å²) in [6.07, 6.45) is -0.0789. The van der Waals surface area contributed by atoms with Crippen LogP contribution in [-0.2, 0) is 39.1 Å². The lowest BCUT2D eigenvalue weighted by molar-refractivity contribution is -0.127. The molecule has 242 valence electrons. The van der Waals surface area contributed by atoms with Crippen molar-refractivity contribution in [2.45, 2.75) is 29.8 Å². The van der Waals surface area contributed by atoms with Gasteiger partial charge in [-0.2, -0.15) is 9.52 Å². The van der Waals surface area contributed by atoms with Crippen LogP contribution in [-0.4, -0.2) is 118 Å². The molecule has 1 fully saturated rings. The standard InChI is InChI=1S/C26H29N11O6S3/c1-35-6-5-16-19(13-35)45-24(29-16)25(39)37-8-7-36(12-17(37)23(38)28-11-20-31-33-34-32-20)46(41,42)21-10-15-9-14(3-4-18(15)44-21)22(27)30-26(40)43-2/h3-4,9-10,17H,5-8,11-13H2,1-2H3,(H,28,38)(H2,27,30,40)(H,31,32,33,34). The second-order valence-electron chi connectivity index (χ2n) is 10.6. The minimum absolute atomic E-state index is 0.0338. The van der Waals surface area contributed by atoms with Crippen molar-refractivity contribution in [3.8, 4) is 0 Å². The number of benzene rings is 1.